The van der Waals surface area contributed by atoms with Crippen molar-refractivity contribution >= 4 is 49.7 Å². The molecule has 176 valence electrons. The van der Waals surface area contributed by atoms with Gasteiger partial charge in [0.05, 0.1) is 17.6 Å². The summed E-state index contributed by atoms with van der Waals surface area (Å²) in [7, 11) is 0. The molecule has 2 aliphatic rings. The molecule has 0 aromatic rings. The third-order valence-electron chi connectivity index (χ3n) is 7.07. The van der Waals surface area contributed by atoms with E-state index in [1.807, 2.05) is 20.8 Å². The summed E-state index contributed by atoms with van der Waals surface area (Å²) in [6, 6.07) is 0. The Morgan fingerprint density at radius 3 is 2.50 bits per heavy atom. The molecule has 2 rings (SSSR count). The van der Waals surface area contributed by atoms with E-state index in [0.29, 0.717) is 25.2 Å². The molecule has 0 aliphatic heterocycles. The summed E-state index contributed by atoms with van der Waals surface area (Å²) in [5.74, 6) is -0.641. The van der Waals surface area contributed by atoms with Gasteiger partial charge < -0.3 is 24.9 Å². The van der Waals surface area contributed by atoms with Crippen LogP contribution in [0, 0.1) is 29.1 Å². The molecular weight excluding hydrogens is 436 g/mol. The number of allylic oxidation sites excluding steroid dienone is 3. The third-order valence-corrected chi connectivity index (χ3v) is 7.07. The van der Waals surface area contributed by atoms with Crippen LogP contribution in [-0.2, 0) is 14.3 Å². The number of fused-ring (bicyclic) bond motifs is 1. The summed E-state index contributed by atoms with van der Waals surface area (Å²) in [5.41, 5.74) is 0.669. The fraction of sp³-hybridized carbons (Fsp3) is 0.760. The molecule has 0 heterocycles. The Labute approximate surface area is 222 Å². The number of ether oxygens (including phenoxy) is 1. The molecule has 7 heteroatoms. The molecule has 0 bridgehead atoms. The van der Waals surface area contributed by atoms with Crippen molar-refractivity contribution < 1.29 is 29.6 Å². The molecule has 0 amide bonds. The SMILES string of the molecule is CCC(C)(C)C(=O)O[C@H]1C[C@@H](C)C=C2C=C[C@H](C)[C@H](CCC(O)C[C@@H](O)CC(=O)[O-])[C@H]21.[Ca+2]. The standard InChI is InChI=1S/C25H40O6.Ca/c1-6-25(4,5)24(30)31-21-12-15(2)11-17-8-7-16(3)20(23(17)21)10-9-18(26)13-19(27)14-22(28)29;/h7-8,11,15-16,18-21,23,26-27H,6,9-10,12-14H2,1-5H3,(H,28,29);/q;+2/p-1/t15-,16-,18?,19+,20-,21-,23-;/m0./s1. The molecule has 0 spiro atoms. The van der Waals surface area contributed by atoms with Crippen LogP contribution in [0.25, 0.3) is 0 Å². The smallest absolute Gasteiger partial charge is 0.550 e. The van der Waals surface area contributed by atoms with Crippen LogP contribution in [0.3, 0.4) is 0 Å². The average Bonchev–Trinajstić information content (AvgIpc) is 2.66. The molecule has 32 heavy (non-hydrogen) atoms. The van der Waals surface area contributed by atoms with E-state index in [2.05, 4.69) is 32.1 Å². The van der Waals surface area contributed by atoms with E-state index in [1.165, 1.54) is 5.57 Å². The summed E-state index contributed by atoms with van der Waals surface area (Å²) in [6.45, 7) is 10.1. The van der Waals surface area contributed by atoms with Gasteiger partial charge in [0, 0.05) is 18.3 Å². The van der Waals surface area contributed by atoms with Crippen molar-refractivity contribution in [2.45, 2.75) is 91.5 Å². The van der Waals surface area contributed by atoms with Crippen LogP contribution in [0.4, 0.5) is 0 Å². The number of aliphatic hydroxyl groups is 2. The van der Waals surface area contributed by atoms with E-state index in [-0.39, 0.29) is 74.0 Å². The number of hydrogen-bond donors (Lipinski definition) is 2. The van der Waals surface area contributed by atoms with Crippen LogP contribution in [0.15, 0.2) is 23.8 Å². The second-order valence-electron chi connectivity index (χ2n) is 10.2. The maximum absolute atomic E-state index is 12.8. The zero-order valence-electron chi connectivity index (χ0n) is 20.3. The van der Waals surface area contributed by atoms with Crippen LogP contribution >= 0.6 is 0 Å². The minimum absolute atomic E-state index is 0. The van der Waals surface area contributed by atoms with Crippen molar-refractivity contribution in [3.8, 4) is 0 Å². The normalized spacial score (nSPS) is 29.2. The maximum atomic E-state index is 12.8. The van der Waals surface area contributed by atoms with Gasteiger partial charge in [-0.3, -0.25) is 4.79 Å². The van der Waals surface area contributed by atoms with E-state index >= 15 is 0 Å². The van der Waals surface area contributed by atoms with Crippen LogP contribution in [0.2, 0.25) is 0 Å². The van der Waals surface area contributed by atoms with Crippen molar-refractivity contribution in [3.05, 3.63) is 23.8 Å². The molecule has 1 unspecified atom stereocenters. The van der Waals surface area contributed by atoms with Gasteiger partial charge in [-0.2, -0.15) is 0 Å². The summed E-state index contributed by atoms with van der Waals surface area (Å²) < 4.78 is 6.09. The van der Waals surface area contributed by atoms with Gasteiger partial charge in [-0.05, 0) is 69.3 Å². The Kier molecular flexibility index (Phi) is 11.9. The molecule has 6 nitrogen and oxygen atoms in total. The fourth-order valence-electron chi connectivity index (χ4n) is 4.76. The first-order chi connectivity index (χ1) is 14.4. The Morgan fingerprint density at radius 2 is 1.91 bits per heavy atom. The number of aliphatic hydroxyl groups excluding tert-OH is 2. The van der Waals surface area contributed by atoms with Gasteiger partial charge >= 0.3 is 43.7 Å². The molecule has 0 aromatic carbocycles. The first-order valence-electron chi connectivity index (χ1n) is 11.6. The molecular formula is C25H39CaO6+. The quantitative estimate of drug-likeness (QED) is 0.371. The van der Waals surface area contributed by atoms with Crippen LogP contribution in [0.1, 0.15) is 73.1 Å². The Morgan fingerprint density at radius 1 is 1.25 bits per heavy atom. The maximum Gasteiger partial charge on any atom is 2.00 e. The molecule has 0 saturated heterocycles. The Hall–Kier alpha value is -0.400. The van der Waals surface area contributed by atoms with E-state index in [0.717, 1.165) is 6.42 Å². The first-order valence-corrected chi connectivity index (χ1v) is 11.6. The van der Waals surface area contributed by atoms with Gasteiger partial charge in [-0.15, -0.1) is 0 Å². The van der Waals surface area contributed by atoms with Gasteiger partial charge in [0.15, 0.2) is 0 Å². The van der Waals surface area contributed by atoms with Crippen LogP contribution in [0.5, 0.6) is 0 Å². The summed E-state index contributed by atoms with van der Waals surface area (Å²) in [4.78, 5) is 23.5. The van der Waals surface area contributed by atoms with E-state index < -0.39 is 30.0 Å². The van der Waals surface area contributed by atoms with Crippen LogP contribution < -0.4 is 5.11 Å². The summed E-state index contributed by atoms with van der Waals surface area (Å²) >= 11 is 0. The molecule has 2 aliphatic carbocycles. The van der Waals surface area contributed by atoms with Crippen molar-refractivity contribution in [1.29, 1.82) is 0 Å². The predicted molar refractivity (Wildman–Crippen MR) is 122 cm³/mol. The number of rotatable bonds is 10. The molecule has 0 saturated carbocycles. The second kappa shape index (κ2) is 12.9. The number of carbonyl (C=O) groups excluding carboxylic acids is 2. The zero-order chi connectivity index (χ0) is 23.3. The predicted octanol–water partition coefficient (Wildman–Crippen LogP) is 2.39. The molecule has 7 atom stereocenters. The number of carbonyl (C=O) groups is 2. The van der Waals surface area contributed by atoms with E-state index in [4.69, 9.17) is 4.74 Å². The molecule has 0 radical (unpaired) electrons. The second-order valence-corrected chi connectivity index (χ2v) is 10.2. The Bertz CT molecular complexity index is 701. The van der Waals surface area contributed by atoms with Gasteiger partial charge in [0.25, 0.3) is 0 Å². The van der Waals surface area contributed by atoms with E-state index in [9.17, 15) is 24.9 Å². The van der Waals surface area contributed by atoms with Gasteiger partial charge in [0.1, 0.15) is 6.10 Å². The number of carboxylic acid groups (broad SMARTS) is 1. The monoisotopic (exact) mass is 475 g/mol. The van der Waals surface area contributed by atoms with E-state index in [1.54, 1.807) is 0 Å². The number of esters is 1. The van der Waals surface area contributed by atoms with Crippen molar-refractivity contribution in [2.75, 3.05) is 0 Å². The minimum atomic E-state index is -1.32. The van der Waals surface area contributed by atoms with Gasteiger partial charge in [-0.25, -0.2) is 0 Å². The number of carboxylic acids is 1. The third kappa shape index (κ3) is 8.12. The summed E-state index contributed by atoms with van der Waals surface area (Å²) in [5, 5.41) is 30.8. The van der Waals surface area contributed by atoms with Crippen molar-refractivity contribution in [3.63, 3.8) is 0 Å². The van der Waals surface area contributed by atoms with Gasteiger partial charge in [0.2, 0.25) is 0 Å². The molecule has 0 aromatic heterocycles. The average molecular weight is 476 g/mol. The van der Waals surface area contributed by atoms with Gasteiger partial charge in [-0.1, -0.05) is 39.0 Å². The molecule has 2 N–H and O–H groups in total. The Balaban J connectivity index is 0.00000512. The molecule has 0 fully saturated rings. The van der Waals surface area contributed by atoms with Crippen molar-refractivity contribution in [1.82, 2.24) is 0 Å². The van der Waals surface area contributed by atoms with Crippen molar-refractivity contribution in [2.24, 2.45) is 29.1 Å². The minimum Gasteiger partial charge on any atom is -0.550 e. The largest absolute Gasteiger partial charge is 2.00 e. The summed E-state index contributed by atoms with van der Waals surface area (Å²) in [6.07, 6.45) is 6.66. The fourth-order valence-corrected chi connectivity index (χ4v) is 4.76. The first kappa shape index (κ1) is 29.6. The topological polar surface area (TPSA) is 107 Å². The van der Waals surface area contributed by atoms with Crippen LogP contribution in [-0.4, -0.2) is 78.2 Å². The number of aliphatic carboxylic acids is 1. The number of hydrogen-bond acceptors (Lipinski definition) is 6. The zero-order valence-corrected chi connectivity index (χ0v) is 22.5.